The lowest BCUT2D eigenvalue weighted by atomic mass is 9.90. The van der Waals surface area contributed by atoms with Gasteiger partial charge < -0.3 is 10.6 Å². The first kappa shape index (κ1) is 14.5. The Bertz CT molecular complexity index is 539. The molecule has 1 aliphatic rings. The van der Waals surface area contributed by atoms with E-state index in [9.17, 15) is 4.79 Å². The number of nitrogens with zero attached hydrogens (tertiary/aromatic N) is 1. The summed E-state index contributed by atoms with van der Waals surface area (Å²) in [5.41, 5.74) is 1.83. The smallest absolute Gasteiger partial charge is 0.244 e. The van der Waals surface area contributed by atoms with Gasteiger partial charge in [-0.25, -0.2) is 0 Å². The SMILES string of the molecule is CCCC1(C(=O)Nc2cc(C#N)ccc2C)CCCN1. The highest BCUT2D eigenvalue weighted by Crippen LogP contribution is 2.27. The molecule has 1 saturated heterocycles. The number of anilines is 1. The molecule has 0 aromatic heterocycles. The zero-order valence-corrected chi connectivity index (χ0v) is 12.1. The molecule has 0 saturated carbocycles. The molecule has 1 amide bonds. The molecule has 0 spiro atoms. The van der Waals surface area contributed by atoms with Crippen LogP contribution in [0.25, 0.3) is 0 Å². The average Bonchev–Trinajstić information content (AvgIpc) is 2.91. The van der Waals surface area contributed by atoms with E-state index in [4.69, 9.17) is 5.26 Å². The van der Waals surface area contributed by atoms with Crippen LogP contribution < -0.4 is 10.6 Å². The molecule has 1 unspecified atom stereocenters. The van der Waals surface area contributed by atoms with E-state index in [0.29, 0.717) is 5.56 Å². The Kier molecular flexibility index (Phi) is 4.41. The van der Waals surface area contributed by atoms with Gasteiger partial charge in [0.15, 0.2) is 0 Å². The number of rotatable bonds is 4. The van der Waals surface area contributed by atoms with E-state index in [0.717, 1.165) is 43.5 Å². The first-order chi connectivity index (χ1) is 9.61. The maximum absolute atomic E-state index is 12.6. The summed E-state index contributed by atoms with van der Waals surface area (Å²) in [5, 5.41) is 15.3. The van der Waals surface area contributed by atoms with Crippen molar-refractivity contribution in [3.63, 3.8) is 0 Å². The van der Waals surface area contributed by atoms with Gasteiger partial charge in [-0.3, -0.25) is 4.79 Å². The number of nitriles is 1. The molecule has 1 heterocycles. The third kappa shape index (κ3) is 2.83. The molecular formula is C16H21N3O. The Labute approximate surface area is 120 Å². The minimum Gasteiger partial charge on any atom is -0.324 e. The Morgan fingerprint density at radius 3 is 2.95 bits per heavy atom. The number of aryl methyl sites for hydroxylation is 1. The van der Waals surface area contributed by atoms with Crippen LogP contribution in [0.15, 0.2) is 18.2 Å². The van der Waals surface area contributed by atoms with Crippen LogP contribution in [0.4, 0.5) is 5.69 Å². The van der Waals surface area contributed by atoms with Crippen molar-refractivity contribution in [2.45, 2.75) is 45.1 Å². The van der Waals surface area contributed by atoms with Crippen LogP contribution in [0.5, 0.6) is 0 Å². The molecule has 1 aliphatic heterocycles. The highest BCUT2D eigenvalue weighted by molar-refractivity contribution is 5.99. The molecule has 0 radical (unpaired) electrons. The predicted molar refractivity (Wildman–Crippen MR) is 79.4 cm³/mol. The maximum Gasteiger partial charge on any atom is 0.244 e. The van der Waals surface area contributed by atoms with Gasteiger partial charge in [-0.05, 0) is 50.4 Å². The summed E-state index contributed by atoms with van der Waals surface area (Å²) >= 11 is 0. The summed E-state index contributed by atoms with van der Waals surface area (Å²) in [6.07, 6.45) is 3.72. The van der Waals surface area contributed by atoms with E-state index in [-0.39, 0.29) is 5.91 Å². The molecule has 106 valence electrons. The summed E-state index contributed by atoms with van der Waals surface area (Å²) < 4.78 is 0. The van der Waals surface area contributed by atoms with Crippen molar-refractivity contribution in [1.82, 2.24) is 5.32 Å². The number of carbonyl (C=O) groups excluding carboxylic acids is 1. The van der Waals surface area contributed by atoms with Crippen LogP contribution >= 0.6 is 0 Å². The molecule has 1 atom stereocenters. The predicted octanol–water partition coefficient (Wildman–Crippen LogP) is 2.73. The largest absolute Gasteiger partial charge is 0.324 e. The van der Waals surface area contributed by atoms with Gasteiger partial charge in [0.1, 0.15) is 0 Å². The summed E-state index contributed by atoms with van der Waals surface area (Å²) in [6, 6.07) is 7.47. The van der Waals surface area contributed by atoms with Gasteiger partial charge in [0, 0.05) is 5.69 Å². The Morgan fingerprint density at radius 2 is 2.35 bits per heavy atom. The van der Waals surface area contributed by atoms with E-state index >= 15 is 0 Å². The van der Waals surface area contributed by atoms with Crippen LogP contribution in [0, 0.1) is 18.3 Å². The van der Waals surface area contributed by atoms with Crippen LogP contribution in [-0.4, -0.2) is 18.0 Å². The number of benzene rings is 1. The van der Waals surface area contributed by atoms with Gasteiger partial charge in [0.2, 0.25) is 5.91 Å². The fourth-order valence-electron chi connectivity index (χ4n) is 2.82. The highest BCUT2D eigenvalue weighted by Gasteiger charge is 2.39. The second-order valence-electron chi connectivity index (χ2n) is 5.46. The number of hydrogen-bond donors (Lipinski definition) is 2. The van der Waals surface area contributed by atoms with Crippen molar-refractivity contribution >= 4 is 11.6 Å². The number of amides is 1. The Balaban J connectivity index is 2.20. The van der Waals surface area contributed by atoms with E-state index in [1.807, 2.05) is 13.0 Å². The van der Waals surface area contributed by atoms with E-state index in [1.165, 1.54) is 0 Å². The number of nitrogens with one attached hydrogen (secondary N) is 2. The van der Waals surface area contributed by atoms with Crippen LogP contribution in [-0.2, 0) is 4.79 Å². The minimum atomic E-state index is -0.441. The summed E-state index contributed by atoms with van der Waals surface area (Å²) in [4.78, 5) is 12.6. The van der Waals surface area contributed by atoms with Gasteiger partial charge in [0.25, 0.3) is 0 Å². The van der Waals surface area contributed by atoms with Gasteiger partial charge in [-0.15, -0.1) is 0 Å². The molecule has 1 aromatic rings. The number of carbonyl (C=O) groups is 1. The van der Waals surface area contributed by atoms with Gasteiger partial charge in [-0.2, -0.15) is 5.26 Å². The van der Waals surface area contributed by atoms with Crippen molar-refractivity contribution in [2.75, 3.05) is 11.9 Å². The quantitative estimate of drug-likeness (QED) is 0.885. The second-order valence-corrected chi connectivity index (χ2v) is 5.46. The lowest BCUT2D eigenvalue weighted by molar-refractivity contribution is -0.122. The highest BCUT2D eigenvalue weighted by atomic mass is 16.2. The van der Waals surface area contributed by atoms with E-state index in [2.05, 4.69) is 23.6 Å². The monoisotopic (exact) mass is 271 g/mol. The topological polar surface area (TPSA) is 64.9 Å². The van der Waals surface area contributed by atoms with Crippen LogP contribution in [0.1, 0.15) is 43.7 Å². The normalized spacial score (nSPS) is 21.4. The van der Waals surface area contributed by atoms with Crippen LogP contribution in [0.3, 0.4) is 0 Å². The second kappa shape index (κ2) is 6.06. The zero-order chi connectivity index (χ0) is 14.6. The lowest BCUT2D eigenvalue weighted by Gasteiger charge is -2.28. The molecule has 2 N–H and O–H groups in total. The zero-order valence-electron chi connectivity index (χ0n) is 12.1. The van der Waals surface area contributed by atoms with Crippen molar-refractivity contribution in [3.8, 4) is 6.07 Å². The summed E-state index contributed by atoms with van der Waals surface area (Å²) in [7, 11) is 0. The van der Waals surface area contributed by atoms with Crippen molar-refractivity contribution in [2.24, 2.45) is 0 Å². The average molecular weight is 271 g/mol. The first-order valence-electron chi connectivity index (χ1n) is 7.18. The lowest BCUT2D eigenvalue weighted by Crippen LogP contribution is -2.50. The third-order valence-corrected chi connectivity index (χ3v) is 3.97. The summed E-state index contributed by atoms with van der Waals surface area (Å²) in [5.74, 6) is 0.0232. The van der Waals surface area contributed by atoms with E-state index < -0.39 is 5.54 Å². The number of hydrogen-bond acceptors (Lipinski definition) is 3. The minimum absolute atomic E-state index is 0.0232. The van der Waals surface area contributed by atoms with Crippen molar-refractivity contribution in [3.05, 3.63) is 29.3 Å². The van der Waals surface area contributed by atoms with Gasteiger partial charge >= 0.3 is 0 Å². The Hall–Kier alpha value is -1.86. The fraction of sp³-hybridized carbons (Fsp3) is 0.500. The summed E-state index contributed by atoms with van der Waals surface area (Å²) in [6.45, 7) is 4.92. The molecule has 4 heteroatoms. The first-order valence-corrected chi connectivity index (χ1v) is 7.18. The standard InChI is InChI=1S/C16H21N3O/c1-3-7-16(8-4-9-18-16)15(20)19-14-10-13(11-17)6-5-12(14)2/h5-6,10,18H,3-4,7-9H2,1-2H3,(H,19,20). The molecule has 0 bridgehead atoms. The molecule has 2 rings (SSSR count). The molecule has 20 heavy (non-hydrogen) atoms. The van der Waals surface area contributed by atoms with Gasteiger partial charge in [0.05, 0.1) is 17.2 Å². The van der Waals surface area contributed by atoms with E-state index in [1.54, 1.807) is 12.1 Å². The molecule has 1 fully saturated rings. The molecule has 4 nitrogen and oxygen atoms in total. The van der Waals surface area contributed by atoms with Crippen molar-refractivity contribution < 1.29 is 4.79 Å². The molecule has 0 aliphatic carbocycles. The van der Waals surface area contributed by atoms with Gasteiger partial charge in [-0.1, -0.05) is 19.4 Å². The maximum atomic E-state index is 12.6. The molecule has 1 aromatic carbocycles. The fourth-order valence-corrected chi connectivity index (χ4v) is 2.82. The van der Waals surface area contributed by atoms with Crippen LogP contribution in [0.2, 0.25) is 0 Å². The Morgan fingerprint density at radius 1 is 1.55 bits per heavy atom. The third-order valence-electron chi connectivity index (χ3n) is 3.97. The van der Waals surface area contributed by atoms with Crippen molar-refractivity contribution in [1.29, 1.82) is 5.26 Å². The molecular weight excluding hydrogens is 250 g/mol.